The Morgan fingerprint density at radius 1 is 1.46 bits per heavy atom. The van der Waals surface area contributed by atoms with Crippen LogP contribution in [0.25, 0.3) is 0 Å². The Morgan fingerprint density at radius 3 is 2.23 bits per heavy atom. The van der Waals surface area contributed by atoms with Crippen LogP contribution in [0.15, 0.2) is 0 Å². The molecule has 0 aromatic heterocycles. The van der Waals surface area contributed by atoms with E-state index < -0.39 is 32.4 Å². The SMILES string of the molecule is C[C@H](O)[C@@H](O)C(=O)COP(=O)(O)O. The van der Waals surface area contributed by atoms with Gasteiger partial charge in [0.25, 0.3) is 0 Å². The molecule has 0 amide bonds. The smallest absolute Gasteiger partial charge is 0.390 e. The number of ketones is 1. The number of carbonyl (C=O) groups excluding carboxylic acids is 1. The summed E-state index contributed by atoms with van der Waals surface area (Å²) >= 11 is 0. The van der Waals surface area contributed by atoms with Crippen molar-refractivity contribution in [1.29, 1.82) is 0 Å². The second kappa shape index (κ2) is 4.80. The van der Waals surface area contributed by atoms with Crippen LogP contribution in [0.1, 0.15) is 6.92 Å². The molecule has 0 saturated carbocycles. The summed E-state index contributed by atoms with van der Waals surface area (Å²) in [6, 6.07) is 0. The van der Waals surface area contributed by atoms with E-state index in [-0.39, 0.29) is 0 Å². The van der Waals surface area contributed by atoms with E-state index in [1.54, 1.807) is 0 Å². The highest BCUT2D eigenvalue weighted by Gasteiger charge is 2.24. The molecule has 8 heteroatoms. The molecular weight excluding hydrogens is 203 g/mol. The fourth-order valence-electron chi connectivity index (χ4n) is 0.502. The van der Waals surface area contributed by atoms with Gasteiger partial charge in [-0.1, -0.05) is 0 Å². The van der Waals surface area contributed by atoms with Crippen LogP contribution in [0.5, 0.6) is 0 Å². The number of phosphoric ester groups is 1. The lowest BCUT2D eigenvalue weighted by molar-refractivity contribution is -0.134. The summed E-state index contributed by atoms with van der Waals surface area (Å²) in [7, 11) is -4.70. The van der Waals surface area contributed by atoms with Crippen LogP contribution < -0.4 is 0 Å². The van der Waals surface area contributed by atoms with Crippen molar-refractivity contribution in [3.8, 4) is 0 Å². The van der Waals surface area contributed by atoms with Gasteiger partial charge in [0.2, 0.25) is 0 Å². The van der Waals surface area contributed by atoms with E-state index in [2.05, 4.69) is 4.52 Å². The summed E-state index contributed by atoms with van der Waals surface area (Å²) in [4.78, 5) is 27.1. The lowest BCUT2D eigenvalue weighted by Gasteiger charge is -2.12. The summed E-state index contributed by atoms with van der Waals surface area (Å²) in [5.41, 5.74) is 0. The largest absolute Gasteiger partial charge is 0.470 e. The zero-order chi connectivity index (χ0) is 10.6. The van der Waals surface area contributed by atoms with E-state index in [1.165, 1.54) is 6.92 Å². The molecule has 0 aromatic carbocycles. The third-order valence-corrected chi connectivity index (χ3v) is 1.63. The third kappa shape index (κ3) is 5.87. The van der Waals surface area contributed by atoms with Crippen LogP contribution >= 0.6 is 7.82 Å². The minimum absolute atomic E-state index is 0.934. The van der Waals surface area contributed by atoms with Crippen LogP contribution in [-0.4, -0.2) is 44.6 Å². The average Bonchev–Trinajstić information content (AvgIpc) is 1.97. The van der Waals surface area contributed by atoms with Crippen LogP contribution in [0, 0.1) is 0 Å². The van der Waals surface area contributed by atoms with Crippen LogP contribution in [-0.2, 0) is 13.9 Å². The molecule has 2 atom stereocenters. The second-order valence-corrected chi connectivity index (χ2v) is 3.66. The zero-order valence-electron chi connectivity index (χ0n) is 6.82. The Bertz CT molecular complexity index is 219. The van der Waals surface area contributed by atoms with Crippen molar-refractivity contribution < 1.29 is 33.9 Å². The van der Waals surface area contributed by atoms with Crippen molar-refractivity contribution in [3.63, 3.8) is 0 Å². The van der Waals surface area contributed by atoms with Gasteiger partial charge in [0.05, 0.1) is 6.10 Å². The van der Waals surface area contributed by atoms with Gasteiger partial charge in [-0.15, -0.1) is 0 Å². The molecule has 0 spiro atoms. The Labute approximate surface area is 74.2 Å². The third-order valence-electron chi connectivity index (χ3n) is 1.16. The molecule has 4 N–H and O–H groups in total. The van der Waals surface area contributed by atoms with Crippen LogP contribution in [0.4, 0.5) is 0 Å². The molecule has 0 aliphatic rings. The van der Waals surface area contributed by atoms with Crippen molar-refractivity contribution in [1.82, 2.24) is 0 Å². The minimum Gasteiger partial charge on any atom is -0.390 e. The number of phosphoric acid groups is 1. The number of hydrogen-bond acceptors (Lipinski definition) is 5. The molecule has 0 bridgehead atoms. The molecule has 0 radical (unpaired) electrons. The first kappa shape index (κ1) is 12.7. The van der Waals surface area contributed by atoms with Crippen molar-refractivity contribution in [2.24, 2.45) is 0 Å². The first-order chi connectivity index (χ1) is 5.74. The molecule has 0 aliphatic carbocycles. The van der Waals surface area contributed by atoms with E-state index in [9.17, 15) is 9.36 Å². The monoisotopic (exact) mass is 214 g/mol. The molecule has 0 rings (SSSR count). The average molecular weight is 214 g/mol. The van der Waals surface area contributed by atoms with Crippen LogP contribution in [0.3, 0.4) is 0 Å². The topological polar surface area (TPSA) is 124 Å². The highest BCUT2D eigenvalue weighted by Crippen LogP contribution is 2.35. The van der Waals surface area contributed by atoms with E-state index in [1.807, 2.05) is 0 Å². The van der Waals surface area contributed by atoms with Gasteiger partial charge in [0.15, 0.2) is 5.78 Å². The molecule has 0 heterocycles. The molecule has 0 fully saturated rings. The molecule has 78 valence electrons. The number of Topliss-reactive ketones (excluding diaryl/α,β-unsaturated/α-hetero) is 1. The minimum atomic E-state index is -4.70. The van der Waals surface area contributed by atoms with Crippen molar-refractivity contribution in [2.75, 3.05) is 6.61 Å². The Kier molecular flexibility index (Phi) is 4.69. The number of aliphatic hydroxyl groups excluding tert-OH is 2. The van der Waals surface area contributed by atoms with E-state index in [4.69, 9.17) is 20.0 Å². The Hall–Kier alpha value is -0.300. The molecule has 0 aliphatic heterocycles. The quantitative estimate of drug-likeness (QED) is 0.406. The van der Waals surface area contributed by atoms with E-state index >= 15 is 0 Å². The highest BCUT2D eigenvalue weighted by atomic mass is 31.2. The zero-order valence-corrected chi connectivity index (χ0v) is 7.72. The van der Waals surface area contributed by atoms with Gasteiger partial charge in [-0.05, 0) is 6.92 Å². The maximum absolute atomic E-state index is 10.8. The predicted octanol–water partition coefficient (Wildman–Crippen LogP) is -1.59. The summed E-state index contributed by atoms with van der Waals surface area (Å²) in [5.74, 6) is -0.988. The van der Waals surface area contributed by atoms with Gasteiger partial charge < -0.3 is 20.0 Å². The van der Waals surface area contributed by atoms with Gasteiger partial charge in [0, 0.05) is 0 Å². The fraction of sp³-hybridized carbons (Fsp3) is 0.800. The summed E-state index contributed by atoms with van der Waals surface area (Å²) in [6.45, 7) is 0.233. The first-order valence-electron chi connectivity index (χ1n) is 3.33. The Morgan fingerprint density at radius 2 is 1.92 bits per heavy atom. The van der Waals surface area contributed by atoms with E-state index in [0.717, 1.165) is 0 Å². The summed E-state index contributed by atoms with van der Waals surface area (Å²) in [5, 5.41) is 17.6. The fourth-order valence-corrected chi connectivity index (χ4v) is 0.798. The Balaban J connectivity index is 3.96. The normalized spacial score (nSPS) is 16.7. The van der Waals surface area contributed by atoms with Gasteiger partial charge in [-0.25, -0.2) is 4.57 Å². The summed E-state index contributed by atoms with van der Waals surface area (Å²) in [6.07, 6.45) is -2.99. The van der Waals surface area contributed by atoms with E-state index in [0.29, 0.717) is 0 Å². The van der Waals surface area contributed by atoms with Crippen molar-refractivity contribution >= 4 is 13.6 Å². The number of rotatable bonds is 5. The summed E-state index contributed by atoms with van der Waals surface area (Å²) < 4.78 is 13.9. The maximum Gasteiger partial charge on any atom is 0.470 e. The van der Waals surface area contributed by atoms with Gasteiger partial charge in [-0.3, -0.25) is 9.32 Å². The lowest BCUT2D eigenvalue weighted by atomic mass is 10.1. The van der Waals surface area contributed by atoms with Gasteiger partial charge in [0.1, 0.15) is 12.7 Å². The van der Waals surface area contributed by atoms with Crippen LogP contribution in [0.2, 0.25) is 0 Å². The van der Waals surface area contributed by atoms with Gasteiger partial charge >= 0.3 is 7.82 Å². The lowest BCUT2D eigenvalue weighted by Crippen LogP contribution is -2.34. The molecular formula is C5H11O7P. The number of hydrogen-bond donors (Lipinski definition) is 4. The predicted molar refractivity (Wildman–Crippen MR) is 40.7 cm³/mol. The maximum atomic E-state index is 10.8. The first-order valence-corrected chi connectivity index (χ1v) is 4.86. The molecule has 0 unspecified atom stereocenters. The second-order valence-electron chi connectivity index (χ2n) is 2.42. The van der Waals surface area contributed by atoms with Gasteiger partial charge in [-0.2, -0.15) is 0 Å². The number of aliphatic hydroxyl groups is 2. The highest BCUT2D eigenvalue weighted by molar-refractivity contribution is 7.46. The molecule has 0 aromatic rings. The molecule has 0 saturated heterocycles. The number of carbonyl (C=O) groups is 1. The molecule has 13 heavy (non-hydrogen) atoms. The molecule has 7 nitrogen and oxygen atoms in total. The van der Waals surface area contributed by atoms with Crippen molar-refractivity contribution in [2.45, 2.75) is 19.1 Å². The standard InChI is InChI=1S/C5H11O7P/c1-3(6)5(8)4(7)2-12-13(9,10)11/h3,5-6,8H,2H2,1H3,(H2,9,10,11)/t3-,5+/m0/s1. The van der Waals surface area contributed by atoms with Crippen molar-refractivity contribution in [3.05, 3.63) is 0 Å².